The second-order valence-electron chi connectivity index (χ2n) is 12.4. The molecule has 8 aromatic carbocycles. The molecule has 0 saturated carbocycles. The molecule has 0 unspecified atom stereocenters. The van der Waals surface area contributed by atoms with Gasteiger partial charge in [-0.25, -0.2) is 0 Å². The van der Waals surface area contributed by atoms with Crippen LogP contribution in [0.3, 0.4) is 0 Å². The summed E-state index contributed by atoms with van der Waals surface area (Å²) in [4.78, 5) is 4.73. The summed E-state index contributed by atoms with van der Waals surface area (Å²) in [5, 5.41) is 4.95. The molecule has 48 heavy (non-hydrogen) atoms. The SMILES string of the molecule is Cc1cc(N(c2ccccc2)c2ccc(-c3ccc(N(c4ccccc4)c4cc(C)cc5ccccc45)cc3)cc2)c2ccccc2c1. The standard InChI is InChI=1S/C46H36N2/c1-33-29-37-13-9-11-19-43(37)45(31-33)47(39-15-5-3-6-16-39)41-25-21-35(22-26-41)36-23-27-42(28-24-36)48(40-17-7-4-8-18-40)46-32-34(2)30-38-14-10-12-20-44(38)46/h3-32H,1-2H3. The second-order valence-corrected chi connectivity index (χ2v) is 12.4. The summed E-state index contributed by atoms with van der Waals surface area (Å²) in [6.45, 7) is 4.35. The van der Waals surface area contributed by atoms with Gasteiger partial charge in [0.15, 0.2) is 0 Å². The number of hydrogen-bond acceptors (Lipinski definition) is 2. The van der Waals surface area contributed by atoms with Crippen molar-refractivity contribution < 1.29 is 0 Å². The monoisotopic (exact) mass is 616 g/mol. The zero-order valence-electron chi connectivity index (χ0n) is 27.2. The van der Waals surface area contributed by atoms with E-state index in [9.17, 15) is 0 Å². The van der Waals surface area contributed by atoms with E-state index in [0.717, 1.165) is 22.7 Å². The number of para-hydroxylation sites is 2. The van der Waals surface area contributed by atoms with Crippen LogP contribution in [0.4, 0.5) is 34.1 Å². The maximum atomic E-state index is 2.37. The highest BCUT2D eigenvalue weighted by Crippen LogP contribution is 2.42. The quantitative estimate of drug-likeness (QED) is 0.176. The second kappa shape index (κ2) is 12.6. The van der Waals surface area contributed by atoms with Crippen molar-refractivity contribution in [2.24, 2.45) is 0 Å². The zero-order chi connectivity index (χ0) is 32.5. The Morgan fingerprint density at radius 2 is 0.646 bits per heavy atom. The molecular formula is C46H36N2. The van der Waals surface area contributed by atoms with E-state index in [1.807, 2.05) is 0 Å². The number of rotatable bonds is 7. The molecule has 0 aliphatic carbocycles. The van der Waals surface area contributed by atoms with Crippen LogP contribution in [0, 0.1) is 13.8 Å². The first kappa shape index (κ1) is 29.3. The van der Waals surface area contributed by atoms with Crippen LogP contribution in [-0.4, -0.2) is 0 Å². The van der Waals surface area contributed by atoms with Crippen molar-refractivity contribution in [1.82, 2.24) is 0 Å². The molecule has 2 nitrogen and oxygen atoms in total. The van der Waals surface area contributed by atoms with Crippen molar-refractivity contribution in [1.29, 1.82) is 0 Å². The van der Waals surface area contributed by atoms with Crippen molar-refractivity contribution in [3.63, 3.8) is 0 Å². The van der Waals surface area contributed by atoms with Gasteiger partial charge >= 0.3 is 0 Å². The van der Waals surface area contributed by atoms with Crippen LogP contribution < -0.4 is 9.80 Å². The van der Waals surface area contributed by atoms with Crippen LogP contribution in [0.15, 0.2) is 182 Å². The molecule has 0 fully saturated rings. The van der Waals surface area contributed by atoms with Crippen LogP contribution in [-0.2, 0) is 0 Å². The minimum absolute atomic E-state index is 1.12. The fourth-order valence-corrected chi connectivity index (χ4v) is 6.86. The lowest BCUT2D eigenvalue weighted by Crippen LogP contribution is -2.11. The molecule has 0 radical (unpaired) electrons. The van der Waals surface area contributed by atoms with E-state index in [4.69, 9.17) is 0 Å². The molecule has 0 aliphatic heterocycles. The largest absolute Gasteiger partial charge is 0.310 e. The summed E-state index contributed by atoms with van der Waals surface area (Å²) in [5.74, 6) is 0. The molecule has 0 amide bonds. The molecule has 0 aromatic heterocycles. The summed E-state index contributed by atoms with van der Waals surface area (Å²) in [5.41, 5.74) is 11.7. The molecule has 0 spiro atoms. The molecule has 8 rings (SSSR count). The summed E-state index contributed by atoms with van der Waals surface area (Å²) < 4.78 is 0. The van der Waals surface area contributed by atoms with E-state index in [0.29, 0.717) is 0 Å². The van der Waals surface area contributed by atoms with Gasteiger partial charge in [-0.2, -0.15) is 0 Å². The summed E-state index contributed by atoms with van der Waals surface area (Å²) >= 11 is 0. The van der Waals surface area contributed by atoms with Gasteiger partial charge in [0, 0.05) is 33.5 Å². The maximum Gasteiger partial charge on any atom is 0.0542 e. The Morgan fingerprint density at radius 1 is 0.312 bits per heavy atom. The first-order chi connectivity index (χ1) is 23.6. The van der Waals surface area contributed by atoms with E-state index >= 15 is 0 Å². The molecule has 0 bridgehead atoms. The molecule has 0 N–H and O–H groups in total. The predicted molar refractivity (Wildman–Crippen MR) is 206 cm³/mol. The van der Waals surface area contributed by atoms with Crippen LogP contribution in [0.25, 0.3) is 32.7 Å². The molecule has 0 aliphatic rings. The van der Waals surface area contributed by atoms with E-state index < -0.39 is 0 Å². The highest BCUT2D eigenvalue weighted by molar-refractivity contribution is 6.01. The van der Waals surface area contributed by atoms with Gasteiger partial charge in [-0.3, -0.25) is 0 Å². The summed E-state index contributed by atoms with van der Waals surface area (Å²) in [6.07, 6.45) is 0. The van der Waals surface area contributed by atoms with Crippen molar-refractivity contribution in [2.75, 3.05) is 9.80 Å². The number of hydrogen-bond donors (Lipinski definition) is 0. The smallest absolute Gasteiger partial charge is 0.0542 e. The third-order valence-corrected chi connectivity index (χ3v) is 9.06. The minimum atomic E-state index is 1.12. The fourth-order valence-electron chi connectivity index (χ4n) is 6.86. The zero-order valence-corrected chi connectivity index (χ0v) is 27.2. The summed E-state index contributed by atoms with van der Waals surface area (Å²) in [7, 11) is 0. The van der Waals surface area contributed by atoms with E-state index in [2.05, 4.69) is 206 Å². The van der Waals surface area contributed by atoms with Gasteiger partial charge in [0.2, 0.25) is 0 Å². The van der Waals surface area contributed by atoms with E-state index in [-0.39, 0.29) is 0 Å². The Bertz CT molecular complexity index is 2170. The van der Waals surface area contributed by atoms with Gasteiger partial charge in [-0.15, -0.1) is 0 Å². The third kappa shape index (κ3) is 5.59. The predicted octanol–water partition coefficient (Wildman–Crippen LogP) is 13.2. The first-order valence-corrected chi connectivity index (χ1v) is 16.5. The number of anilines is 6. The Balaban J connectivity index is 1.17. The lowest BCUT2D eigenvalue weighted by molar-refractivity contribution is 1.28. The lowest BCUT2D eigenvalue weighted by atomic mass is 10.0. The molecule has 0 heterocycles. The molecule has 2 heteroatoms. The Morgan fingerprint density at radius 3 is 1.04 bits per heavy atom. The third-order valence-electron chi connectivity index (χ3n) is 9.06. The van der Waals surface area contributed by atoms with Crippen LogP contribution in [0.1, 0.15) is 11.1 Å². The van der Waals surface area contributed by atoms with E-state index in [1.54, 1.807) is 0 Å². The molecule has 0 saturated heterocycles. The van der Waals surface area contributed by atoms with Crippen molar-refractivity contribution in [3.8, 4) is 11.1 Å². The summed E-state index contributed by atoms with van der Waals surface area (Å²) in [6, 6.07) is 65.6. The van der Waals surface area contributed by atoms with Crippen molar-refractivity contribution in [2.45, 2.75) is 13.8 Å². The number of nitrogens with zero attached hydrogens (tertiary/aromatic N) is 2. The fraction of sp³-hybridized carbons (Fsp3) is 0.0435. The Kier molecular flexibility index (Phi) is 7.68. The van der Waals surface area contributed by atoms with Gasteiger partial charge in [0.25, 0.3) is 0 Å². The van der Waals surface area contributed by atoms with Gasteiger partial charge in [-0.05, 0) is 108 Å². The molecule has 230 valence electrons. The van der Waals surface area contributed by atoms with Gasteiger partial charge in [0.05, 0.1) is 11.4 Å². The lowest BCUT2D eigenvalue weighted by Gasteiger charge is -2.28. The van der Waals surface area contributed by atoms with Gasteiger partial charge in [0.1, 0.15) is 0 Å². The van der Waals surface area contributed by atoms with Crippen molar-refractivity contribution in [3.05, 3.63) is 193 Å². The normalized spacial score (nSPS) is 11.1. The van der Waals surface area contributed by atoms with Gasteiger partial charge < -0.3 is 9.80 Å². The van der Waals surface area contributed by atoms with Crippen LogP contribution >= 0.6 is 0 Å². The average Bonchev–Trinajstić information content (AvgIpc) is 3.13. The average molecular weight is 617 g/mol. The van der Waals surface area contributed by atoms with E-state index in [1.165, 1.54) is 55.2 Å². The van der Waals surface area contributed by atoms with Crippen molar-refractivity contribution >= 4 is 55.7 Å². The Hall–Kier alpha value is -6.12. The maximum absolute atomic E-state index is 2.37. The van der Waals surface area contributed by atoms with Crippen LogP contribution in [0.2, 0.25) is 0 Å². The molecule has 0 atom stereocenters. The van der Waals surface area contributed by atoms with Gasteiger partial charge in [-0.1, -0.05) is 121 Å². The highest BCUT2D eigenvalue weighted by Gasteiger charge is 2.18. The van der Waals surface area contributed by atoms with Crippen LogP contribution in [0.5, 0.6) is 0 Å². The topological polar surface area (TPSA) is 6.48 Å². The molecular weight excluding hydrogens is 581 g/mol. The number of aryl methyl sites for hydroxylation is 2. The minimum Gasteiger partial charge on any atom is -0.310 e. The Labute approximate surface area is 282 Å². The number of benzene rings is 8. The first-order valence-electron chi connectivity index (χ1n) is 16.5. The highest BCUT2D eigenvalue weighted by atomic mass is 15.1. The molecule has 8 aromatic rings. The number of fused-ring (bicyclic) bond motifs is 2.